The molecule has 0 atom stereocenters. The van der Waals surface area contributed by atoms with Gasteiger partial charge in [-0.15, -0.1) is 0 Å². The van der Waals surface area contributed by atoms with E-state index < -0.39 is 11.9 Å². The van der Waals surface area contributed by atoms with Gasteiger partial charge in [-0.3, -0.25) is 4.79 Å². The van der Waals surface area contributed by atoms with Crippen LogP contribution in [0.2, 0.25) is 5.02 Å². The van der Waals surface area contributed by atoms with Crippen LogP contribution in [0.1, 0.15) is 18.1 Å². The van der Waals surface area contributed by atoms with Crippen molar-refractivity contribution in [2.45, 2.75) is 13.8 Å². The summed E-state index contributed by atoms with van der Waals surface area (Å²) in [7, 11) is 2.30. The number of benzene rings is 2. The third kappa shape index (κ3) is 6.75. The Bertz CT molecular complexity index is 1020. The number of anilines is 1. The summed E-state index contributed by atoms with van der Waals surface area (Å²) in [5.41, 5.74) is 1.71. The summed E-state index contributed by atoms with van der Waals surface area (Å²) in [6, 6.07) is 10.3. The van der Waals surface area contributed by atoms with E-state index in [9.17, 15) is 14.4 Å². The first kappa shape index (κ1) is 24.7. The van der Waals surface area contributed by atoms with Crippen molar-refractivity contribution in [3.63, 3.8) is 0 Å². The van der Waals surface area contributed by atoms with Crippen molar-refractivity contribution in [2.75, 3.05) is 32.8 Å². The van der Waals surface area contributed by atoms with Crippen LogP contribution in [0.15, 0.2) is 42.0 Å². The number of hydrogen-bond acceptors (Lipinski definition) is 7. The van der Waals surface area contributed by atoms with Gasteiger partial charge in [0.15, 0.2) is 18.1 Å². The standard InChI is InChI=1S/C23H24ClNO7/c1-5-31-19-12-15(10-17(22(27)29-3)23(28)30-4)11-18(24)21(19)32-13-20(26)25-16-8-6-7-14(2)9-16/h6-12H,5,13H2,1-4H3,(H,25,26). The Labute approximate surface area is 191 Å². The van der Waals surface area contributed by atoms with Gasteiger partial charge in [0.1, 0.15) is 5.57 Å². The number of halogens is 1. The van der Waals surface area contributed by atoms with Crippen LogP contribution in [0.5, 0.6) is 11.5 Å². The van der Waals surface area contributed by atoms with E-state index in [0.717, 1.165) is 19.8 Å². The highest BCUT2D eigenvalue weighted by Crippen LogP contribution is 2.37. The molecule has 1 N–H and O–H groups in total. The lowest BCUT2D eigenvalue weighted by Crippen LogP contribution is -2.20. The molecule has 0 aliphatic carbocycles. The van der Waals surface area contributed by atoms with Gasteiger partial charge in [-0.2, -0.15) is 0 Å². The molecule has 32 heavy (non-hydrogen) atoms. The summed E-state index contributed by atoms with van der Waals surface area (Å²) in [5, 5.41) is 2.86. The molecule has 0 radical (unpaired) electrons. The van der Waals surface area contributed by atoms with E-state index in [2.05, 4.69) is 14.8 Å². The molecule has 0 spiro atoms. The van der Waals surface area contributed by atoms with Crippen molar-refractivity contribution < 1.29 is 33.3 Å². The zero-order valence-electron chi connectivity index (χ0n) is 18.2. The summed E-state index contributed by atoms with van der Waals surface area (Å²) in [5.74, 6) is -1.71. The van der Waals surface area contributed by atoms with E-state index in [1.807, 2.05) is 25.1 Å². The molecule has 0 aromatic heterocycles. The highest BCUT2D eigenvalue weighted by atomic mass is 35.5. The van der Waals surface area contributed by atoms with Gasteiger partial charge < -0.3 is 24.3 Å². The van der Waals surface area contributed by atoms with E-state index >= 15 is 0 Å². The molecule has 0 heterocycles. The molecule has 8 nitrogen and oxygen atoms in total. The number of aryl methyl sites for hydroxylation is 1. The van der Waals surface area contributed by atoms with Crippen LogP contribution < -0.4 is 14.8 Å². The van der Waals surface area contributed by atoms with Gasteiger partial charge in [-0.25, -0.2) is 9.59 Å². The Morgan fingerprint density at radius 3 is 2.31 bits per heavy atom. The summed E-state index contributed by atoms with van der Waals surface area (Å²) in [4.78, 5) is 36.1. The van der Waals surface area contributed by atoms with E-state index in [1.54, 1.807) is 13.0 Å². The molecule has 1 amide bonds. The van der Waals surface area contributed by atoms with Crippen molar-refractivity contribution in [1.82, 2.24) is 0 Å². The molecule has 9 heteroatoms. The second-order valence-corrected chi connectivity index (χ2v) is 6.92. The van der Waals surface area contributed by atoms with Gasteiger partial charge in [-0.05, 0) is 55.3 Å². The van der Waals surface area contributed by atoms with Gasteiger partial charge >= 0.3 is 11.9 Å². The third-order valence-electron chi connectivity index (χ3n) is 4.10. The number of esters is 2. The lowest BCUT2D eigenvalue weighted by Gasteiger charge is -2.15. The molecule has 0 saturated carbocycles. The minimum absolute atomic E-state index is 0.125. The van der Waals surface area contributed by atoms with Crippen LogP contribution in [0, 0.1) is 6.92 Å². The number of carbonyl (C=O) groups excluding carboxylic acids is 3. The van der Waals surface area contributed by atoms with Crippen molar-refractivity contribution in [3.8, 4) is 11.5 Å². The average molecular weight is 462 g/mol. The smallest absolute Gasteiger partial charge is 0.345 e. The minimum atomic E-state index is -0.862. The van der Waals surface area contributed by atoms with Crippen LogP contribution in [-0.2, 0) is 23.9 Å². The van der Waals surface area contributed by atoms with Gasteiger partial charge in [0.05, 0.1) is 25.8 Å². The molecule has 0 saturated heterocycles. The maximum atomic E-state index is 12.3. The van der Waals surface area contributed by atoms with Crippen LogP contribution in [0.25, 0.3) is 6.08 Å². The first-order chi connectivity index (χ1) is 15.3. The molecule has 0 unspecified atom stereocenters. The lowest BCUT2D eigenvalue weighted by atomic mass is 10.1. The van der Waals surface area contributed by atoms with Crippen LogP contribution >= 0.6 is 11.6 Å². The van der Waals surface area contributed by atoms with Crippen LogP contribution in [-0.4, -0.2) is 45.3 Å². The van der Waals surface area contributed by atoms with Crippen molar-refractivity contribution in [2.24, 2.45) is 0 Å². The Hall–Kier alpha value is -3.52. The van der Waals surface area contributed by atoms with Crippen LogP contribution in [0.4, 0.5) is 5.69 Å². The quantitative estimate of drug-likeness (QED) is 0.262. The van der Waals surface area contributed by atoms with E-state index in [-0.39, 0.29) is 41.2 Å². The molecule has 0 aliphatic heterocycles. The summed E-state index contributed by atoms with van der Waals surface area (Å²) >= 11 is 6.35. The SMILES string of the molecule is CCOc1cc(C=C(C(=O)OC)C(=O)OC)cc(Cl)c1OCC(=O)Nc1cccc(C)c1. The van der Waals surface area contributed by atoms with Gasteiger partial charge in [0, 0.05) is 5.69 Å². The number of carbonyl (C=O) groups is 3. The molecule has 170 valence electrons. The zero-order chi connectivity index (χ0) is 23.7. The highest BCUT2D eigenvalue weighted by molar-refractivity contribution is 6.32. The molecular formula is C23H24ClNO7. The van der Waals surface area contributed by atoms with Crippen LogP contribution in [0.3, 0.4) is 0 Å². The Morgan fingerprint density at radius 1 is 1.03 bits per heavy atom. The molecule has 0 bridgehead atoms. The first-order valence-corrected chi connectivity index (χ1v) is 10.0. The normalized spacial score (nSPS) is 10.0. The second-order valence-electron chi connectivity index (χ2n) is 6.51. The molecule has 0 aliphatic rings. The van der Waals surface area contributed by atoms with Gasteiger partial charge in [0.25, 0.3) is 5.91 Å². The Balaban J connectivity index is 2.26. The molecule has 2 rings (SSSR count). The summed E-state index contributed by atoms with van der Waals surface area (Å²) < 4.78 is 20.4. The number of nitrogens with one attached hydrogen (secondary N) is 1. The van der Waals surface area contributed by atoms with Crippen molar-refractivity contribution in [1.29, 1.82) is 0 Å². The predicted molar refractivity (Wildman–Crippen MR) is 120 cm³/mol. The fraction of sp³-hybridized carbons (Fsp3) is 0.261. The van der Waals surface area contributed by atoms with E-state index in [4.69, 9.17) is 21.1 Å². The van der Waals surface area contributed by atoms with E-state index in [1.165, 1.54) is 18.2 Å². The lowest BCUT2D eigenvalue weighted by molar-refractivity contribution is -0.143. The summed E-state index contributed by atoms with van der Waals surface area (Å²) in [6.07, 6.45) is 1.26. The van der Waals surface area contributed by atoms with Crippen molar-refractivity contribution in [3.05, 3.63) is 58.1 Å². The monoisotopic (exact) mass is 461 g/mol. The fourth-order valence-electron chi connectivity index (χ4n) is 2.72. The molecule has 2 aromatic carbocycles. The number of rotatable bonds is 9. The first-order valence-electron chi connectivity index (χ1n) is 9.63. The second kappa shape index (κ2) is 11.8. The molecule has 2 aromatic rings. The number of amides is 1. The minimum Gasteiger partial charge on any atom is -0.490 e. The maximum Gasteiger partial charge on any atom is 0.345 e. The Kier molecular flexibility index (Phi) is 9.09. The summed E-state index contributed by atoms with van der Waals surface area (Å²) in [6.45, 7) is 3.66. The fourth-order valence-corrected chi connectivity index (χ4v) is 2.99. The average Bonchev–Trinajstić information content (AvgIpc) is 2.76. The van der Waals surface area contributed by atoms with Gasteiger partial charge in [0.2, 0.25) is 0 Å². The highest BCUT2D eigenvalue weighted by Gasteiger charge is 2.21. The maximum absolute atomic E-state index is 12.3. The number of methoxy groups -OCH3 is 2. The van der Waals surface area contributed by atoms with Gasteiger partial charge in [-0.1, -0.05) is 23.7 Å². The van der Waals surface area contributed by atoms with E-state index in [0.29, 0.717) is 11.3 Å². The third-order valence-corrected chi connectivity index (χ3v) is 4.38. The van der Waals surface area contributed by atoms with Crippen molar-refractivity contribution >= 4 is 41.2 Å². The molecule has 0 fully saturated rings. The largest absolute Gasteiger partial charge is 0.490 e. The topological polar surface area (TPSA) is 100 Å². The zero-order valence-corrected chi connectivity index (χ0v) is 18.9. The number of ether oxygens (including phenoxy) is 4. The Morgan fingerprint density at radius 2 is 1.72 bits per heavy atom. The predicted octanol–water partition coefficient (Wildman–Crippen LogP) is 3.79. The molecular weight excluding hydrogens is 438 g/mol. The number of hydrogen-bond donors (Lipinski definition) is 1.